The van der Waals surface area contributed by atoms with Gasteiger partial charge in [-0.2, -0.15) is 15.5 Å². The molecule has 26 heavy (non-hydrogen) atoms. The highest BCUT2D eigenvalue weighted by Gasteiger charge is 2.24. The first-order valence-electron chi connectivity index (χ1n) is 8.75. The van der Waals surface area contributed by atoms with Gasteiger partial charge in [-0.25, -0.2) is 0 Å². The highest BCUT2D eigenvalue weighted by Crippen LogP contribution is 2.26. The largest absolute Gasteiger partial charge is 0.354 e. The molecule has 0 saturated carbocycles. The molecule has 2 aromatic heterocycles. The number of nitrogens with zero attached hydrogens (tertiary/aromatic N) is 6. The molecule has 1 N–H and O–H groups in total. The van der Waals surface area contributed by atoms with Crippen molar-refractivity contribution in [2.45, 2.75) is 26.7 Å². The van der Waals surface area contributed by atoms with Gasteiger partial charge in [0.25, 0.3) is 5.91 Å². The fraction of sp³-hybridized carbons (Fsp3) is 0.500. The lowest BCUT2D eigenvalue weighted by Crippen LogP contribution is -2.39. The number of aromatic nitrogens is 4. The first kappa shape index (κ1) is 17.9. The molecule has 0 spiro atoms. The van der Waals surface area contributed by atoms with Crippen LogP contribution < -0.4 is 10.2 Å². The van der Waals surface area contributed by atoms with Crippen LogP contribution >= 0.6 is 0 Å². The monoisotopic (exact) mass is 353 g/mol. The predicted octanol–water partition coefficient (Wildman–Crippen LogP) is 1.35. The van der Waals surface area contributed by atoms with Crippen molar-refractivity contribution in [3.05, 3.63) is 34.8 Å². The Balaban J connectivity index is 1.56. The molecule has 0 atom stereocenters. The second kappa shape index (κ2) is 7.52. The van der Waals surface area contributed by atoms with Crippen LogP contribution in [0, 0.1) is 31.1 Å². The van der Waals surface area contributed by atoms with Gasteiger partial charge in [0, 0.05) is 32.9 Å². The van der Waals surface area contributed by atoms with Crippen LogP contribution in [0.2, 0.25) is 0 Å². The zero-order chi connectivity index (χ0) is 18.7. The first-order chi connectivity index (χ1) is 12.5. The van der Waals surface area contributed by atoms with E-state index >= 15 is 0 Å². The van der Waals surface area contributed by atoms with Gasteiger partial charge in [0.1, 0.15) is 11.6 Å². The zero-order valence-corrected chi connectivity index (χ0v) is 15.4. The van der Waals surface area contributed by atoms with Crippen LogP contribution in [0.15, 0.2) is 12.4 Å². The van der Waals surface area contributed by atoms with Gasteiger partial charge >= 0.3 is 0 Å². The highest BCUT2D eigenvalue weighted by atomic mass is 16.1. The molecule has 0 aliphatic carbocycles. The van der Waals surface area contributed by atoms with E-state index in [1.165, 1.54) is 0 Å². The summed E-state index contributed by atoms with van der Waals surface area (Å²) in [5.74, 6) is 0.998. The van der Waals surface area contributed by atoms with Crippen molar-refractivity contribution in [2.24, 2.45) is 13.0 Å². The van der Waals surface area contributed by atoms with Crippen molar-refractivity contribution in [3.63, 3.8) is 0 Å². The number of carbonyl (C=O) groups is 1. The lowest BCUT2D eigenvalue weighted by atomic mass is 9.96. The van der Waals surface area contributed by atoms with Crippen LogP contribution in [-0.4, -0.2) is 45.5 Å². The summed E-state index contributed by atoms with van der Waals surface area (Å²) >= 11 is 0. The number of amides is 1. The van der Waals surface area contributed by atoms with E-state index in [-0.39, 0.29) is 5.91 Å². The summed E-state index contributed by atoms with van der Waals surface area (Å²) in [7, 11) is 1.79. The number of aryl methyl sites for hydroxylation is 2. The van der Waals surface area contributed by atoms with Crippen LogP contribution in [0.25, 0.3) is 0 Å². The quantitative estimate of drug-likeness (QED) is 0.890. The van der Waals surface area contributed by atoms with E-state index in [0.717, 1.165) is 37.2 Å². The standard InChI is InChI=1S/C18H23N7O/c1-12-13(2)22-23-17(16(12)8-19)25-6-4-14(5-7-25)9-20-18(26)15-10-21-24(3)11-15/h10-11,14H,4-7,9H2,1-3H3,(H,20,26). The number of piperidine rings is 1. The van der Waals surface area contributed by atoms with E-state index in [1.54, 1.807) is 24.1 Å². The van der Waals surface area contributed by atoms with Crippen LogP contribution in [0.4, 0.5) is 5.82 Å². The van der Waals surface area contributed by atoms with Crippen molar-refractivity contribution in [2.75, 3.05) is 24.5 Å². The van der Waals surface area contributed by atoms with Gasteiger partial charge in [-0.1, -0.05) is 0 Å². The third-order valence-corrected chi connectivity index (χ3v) is 4.98. The number of carbonyl (C=O) groups excluding carboxylic acids is 1. The van der Waals surface area contributed by atoms with E-state index in [4.69, 9.17) is 0 Å². The summed E-state index contributed by atoms with van der Waals surface area (Å²) in [6.45, 7) is 6.03. The second-order valence-corrected chi connectivity index (χ2v) is 6.76. The average molecular weight is 353 g/mol. The number of rotatable bonds is 4. The zero-order valence-electron chi connectivity index (χ0n) is 15.4. The molecule has 1 aliphatic heterocycles. The molecule has 0 unspecified atom stereocenters. The van der Waals surface area contributed by atoms with Gasteiger partial charge in [-0.05, 0) is 38.2 Å². The van der Waals surface area contributed by atoms with Gasteiger partial charge < -0.3 is 10.2 Å². The van der Waals surface area contributed by atoms with Gasteiger partial charge in [0.15, 0.2) is 5.82 Å². The fourth-order valence-electron chi connectivity index (χ4n) is 3.18. The summed E-state index contributed by atoms with van der Waals surface area (Å²) in [5.41, 5.74) is 2.87. The maximum atomic E-state index is 12.1. The third-order valence-electron chi connectivity index (χ3n) is 4.98. The van der Waals surface area contributed by atoms with Gasteiger partial charge in [-0.15, -0.1) is 5.10 Å². The summed E-state index contributed by atoms with van der Waals surface area (Å²) in [4.78, 5) is 14.2. The summed E-state index contributed by atoms with van der Waals surface area (Å²) in [6, 6.07) is 2.26. The third kappa shape index (κ3) is 3.67. The smallest absolute Gasteiger partial charge is 0.254 e. The Morgan fingerprint density at radius 1 is 1.35 bits per heavy atom. The van der Waals surface area contributed by atoms with Gasteiger partial charge in [-0.3, -0.25) is 9.48 Å². The minimum atomic E-state index is -0.0904. The van der Waals surface area contributed by atoms with Gasteiger partial charge in [0.2, 0.25) is 0 Å². The molecule has 1 saturated heterocycles. The number of nitriles is 1. The number of hydrogen-bond donors (Lipinski definition) is 1. The number of hydrogen-bond acceptors (Lipinski definition) is 6. The molecule has 1 amide bonds. The van der Waals surface area contributed by atoms with E-state index in [9.17, 15) is 10.1 Å². The van der Waals surface area contributed by atoms with Crippen LogP contribution in [0.5, 0.6) is 0 Å². The molecule has 3 rings (SSSR count). The molecule has 0 aromatic carbocycles. The molecule has 0 bridgehead atoms. The number of anilines is 1. The maximum Gasteiger partial charge on any atom is 0.254 e. The first-order valence-corrected chi connectivity index (χ1v) is 8.75. The Morgan fingerprint density at radius 3 is 2.69 bits per heavy atom. The minimum Gasteiger partial charge on any atom is -0.354 e. The molecule has 3 heterocycles. The van der Waals surface area contributed by atoms with Crippen molar-refractivity contribution in [1.82, 2.24) is 25.3 Å². The lowest BCUT2D eigenvalue weighted by molar-refractivity contribution is 0.0945. The second-order valence-electron chi connectivity index (χ2n) is 6.76. The van der Waals surface area contributed by atoms with Crippen LogP contribution in [-0.2, 0) is 7.05 Å². The van der Waals surface area contributed by atoms with E-state index in [1.807, 2.05) is 13.8 Å². The topological polar surface area (TPSA) is 99.7 Å². The molecule has 1 fully saturated rings. The van der Waals surface area contributed by atoms with Crippen molar-refractivity contribution in [1.29, 1.82) is 5.26 Å². The summed E-state index contributed by atoms with van der Waals surface area (Å²) < 4.78 is 1.62. The molecule has 8 heteroatoms. The Kier molecular flexibility index (Phi) is 5.16. The van der Waals surface area contributed by atoms with Crippen LogP contribution in [0.1, 0.15) is 40.0 Å². The summed E-state index contributed by atoms with van der Waals surface area (Å²) in [5, 5.41) is 24.9. The van der Waals surface area contributed by atoms with E-state index in [0.29, 0.717) is 29.4 Å². The Morgan fingerprint density at radius 2 is 2.08 bits per heavy atom. The van der Waals surface area contributed by atoms with E-state index < -0.39 is 0 Å². The normalized spacial score (nSPS) is 14.9. The average Bonchev–Trinajstić information content (AvgIpc) is 3.09. The summed E-state index contributed by atoms with van der Waals surface area (Å²) in [6.07, 6.45) is 5.15. The molecule has 2 aromatic rings. The van der Waals surface area contributed by atoms with Crippen molar-refractivity contribution in [3.8, 4) is 6.07 Å². The SMILES string of the molecule is Cc1nnc(N2CCC(CNC(=O)c3cnn(C)c3)CC2)c(C#N)c1C. The molecular weight excluding hydrogens is 330 g/mol. The van der Waals surface area contributed by atoms with Crippen LogP contribution in [0.3, 0.4) is 0 Å². The molecular formula is C18H23N7O. The Labute approximate surface area is 152 Å². The predicted molar refractivity (Wildman–Crippen MR) is 96.7 cm³/mol. The maximum absolute atomic E-state index is 12.1. The molecule has 8 nitrogen and oxygen atoms in total. The fourth-order valence-corrected chi connectivity index (χ4v) is 3.18. The highest BCUT2D eigenvalue weighted by molar-refractivity contribution is 5.93. The molecule has 1 aliphatic rings. The number of nitrogens with one attached hydrogen (secondary N) is 1. The lowest BCUT2D eigenvalue weighted by Gasteiger charge is -2.33. The molecule has 0 radical (unpaired) electrons. The van der Waals surface area contributed by atoms with E-state index in [2.05, 4.69) is 31.6 Å². The molecule has 136 valence electrons. The van der Waals surface area contributed by atoms with Crippen molar-refractivity contribution >= 4 is 11.7 Å². The Hall–Kier alpha value is -2.95. The van der Waals surface area contributed by atoms with Crippen molar-refractivity contribution < 1.29 is 4.79 Å². The Bertz CT molecular complexity index is 844. The minimum absolute atomic E-state index is 0.0904. The van der Waals surface area contributed by atoms with Gasteiger partial charge in [0.05, 0.1) is 17.5 Å².